The van der Waals surface area contributed by atoms with Gasteiger partial charge in [-0.05, 0) is 30.2 Å². The van der Waals surface area contributed by atoms with Crippen LogP contribution in [0.4, 0.5) is 0 Å². The lowest BCUT2D eigenvalue weighted by molar-refractivity contribution is 1.34. The first-order valence-corrected chi connectivity index (χ1v) is 4.52. The predicted molar refractivity (Wildman–Crippen MR) is 51.6 cm³/mol. The van der Waals surface area contributed by atoms with E-state index in [9.17, 15) is 0 Å². The molecule has 0 bridgehead atoms. The lowest BCUT2D eigenvalue weighted by atomic mass is 10.2. The lowest BCUT2D eigenvalue weighted by Gasteiger charge is -1.98. The SMILES string of the molecule is Cc1cc(Br)cc(CS)c1. The molecule has 0 spiro atoms. The molecular formula is C8H9BrS. The van der Waals surface area contributed by atoms with Gasteiger partial charge in [-0.3, -0.25) is 0 Å². The van der Waals surface area contributed by atoms with Crippen molar-refractivity contribution in [1.29, 1.82) is 0 Å². The van der Waals surface area contributed by atoms with Gasteiger partial charge >= 0.3 is 0 Å². The first-order valence-electron chi connectivity index (χ1n) is 3.09. The van der Waals surface area contributed by atoms with Crippen molar-refractivity contribution in [3.05, 3.63) is 33.8 Å². The third-order valence-corrected chi connectivity index (χ3v) is 2.11. The van der Waals surface area contributed by atoms with Gasteiger partial charge in [0.2, 0.25) is 0 Å². The number of hydrogen-bond donors (Lipinski definition) is 1. The second kappa shape index (κ2) is 3.44. The second-order valence-electron chi connectivity index (χ2n) is 2.29. The second-order valence-corrected chi connectivity index (χ2v) is 3.53. The molecular weight excluding hydrogens is 208 g/mol. The Balaban J connectivity index is 3.06. The molecule has 0 aromatic heterocycles. The van der Waals surface area contributed by atoms with E-state index in [1.54, 1.807) is 0 Å². The molecule has 0 unspecified atom stereocenters. The molecule has 0 atom stereocenters. The third kappa shape index (κ3) is 2.03. The van der Waals surface area contributed by atoms with Crippen molar-refractivity contribution in [2.45, 2.75) is 12.7 Å². The maximum Gasteiger partial charge on any atom is 0.0180 e. The van der Waals surface area contributed by atoms with Gasteiger partial charge in [-0.25, -0.2) is 0 Å². The van der Waals surface area contributed by atoms with Crippen molar-refractivity contribution in [3.8, 4) is 0 Å². The number of halogens is 1. The molecule has 0 radical (unpaired) electrons. The molecule has 0 nitrogen and oxygen atoms in total. The molecule has 0 saturated heterocycles. The number of hydrogen-bond acceptors (Lipinski definition) is 1. The molecule has 54 valence electrons. The Morgan fingerprint density at radius 2 is 2.10 bits per heavy atom. The average Bonchev–Trinajstić information content (AvgIpc) is 1.85. The molecule has 0 fully saturated rings. The quantitative estimate of drug-likeness (QED) is 0.686. The van der Waals surface area contributed by atoms with Crippen LogP contribution in [0.25, 0.3) is 0 Å². The van der Waals surface area contributed by atoms with Crippen LogP contribution in [0.5, 0.6) is 0 Å². The number of thiol groups is 1. The number of benzene rings is 1. The van der Waals surface area contributed by atoms with Gasteiger partial charge in [0.15, 0.2) is 0 Å². The van der Waals surface area contributed by atoms with Gasteiger partial charge in [-0.2, -0.15) is 12.6 Å². The Kier molecular flexibility index (Phi) is 2.81. The topological polar surface area (TPSA) is 0 Å². The third-order valence-electron chi connectivity index (χ3n) is 1.28. The molecule has 0 aliphatic rings. The molecule has 10 heavy (non-hydrogen) atoms. The van der Waals surface area contributed by atoms with Gasteiger partial charge in [-0.15, -0.1) is 0 Å². The molecule has 0 aliphatic carbocycles. The van der Waals surface area contributed by atoms with E-state index in [1.165, 1.54) is 11.1 Å². The summed E-state index contributed by atoms with van der Waals surface area (Å²) in [6, 6.07) is 6.31. The maximum absolute atomic E-state index is 4.18. The van der Waals surface area contributed by atoms with E-state index in [4.69, 9.17) is 0 Å². The Morgan fingerprint density at radius 1 is 1.40 bits per heavy atom. The first-order chi connectivity index (χ1) is 4.72. The zero-order valence-corrected chi connectivity index (χ0v) is 8.24. The molecule has 1 aromatic rings. The molecule has 1 rings (SSSR count). The first kappa shape index (κ1) is 8.15. The van der Waals surface area contributed by atoms with Crippen LogP contribution < -0.4 is 0 Å². The van der Waals surface area contributed by atoms with Crippen molar-refractivity contribution >= 4 is 28.6 Å². The van der Waals surface area contributed by atoms with Crippen molar-refractivity contribution in [1.82, 2.24) is 0 Å². The Bertz CT molecular complexity index is 212. The number of rotatable bonds is 1. The van der Waals surface area contributed by atoms with Crippen molar-refractivity contribution in [2.75, 3.05) is 0 Å². The van der Waals surface area contributed by atoms with Crippen LogP contribution in [0.2, 0.25) is 0 Å². The largest absolute Gasteiger partial charge is 0.175 e. The highest BCUT2D eigenvalue weighted by atomic mass is 79.9. The summed E-state index contributed by atoms with van der Waals surface area (Å²) in [6.45, 7) is 2.08. The van der Waals surface area contributed by atoms with E-state index in [0.29, 0.717) is 0 Å². The molecule has 2 heteroatoms. The molecule has 0 N–H and O–H groups in total. The van der Waals surface area contributed by atoms with Crippen LogP contribution >= 0.6 is 28.6 Å². The summed E-state index contributed by atoms with van der Waals surface area (Å²) < 4.78 is 1.14. The summed E-state index contributed by atoms with van der Waals surface area (Å²) in [5.41, 5.74) is 2.54. The Hall–Kier alpha value is 0.0500. The van der Waals surface area contributed by atoms with E-state index in [0.717, 1.165) is 10.2 Å². The van der Waals surface area contributed by atoms with Crippen molar-refractivity contribution in [2.24, 2.45) is 0 Å². The molecule has 0 aliphatic heterocycles. The smallest absolute Gasteiger partial charge is 0.0180 e. The summed E-state index contributed by atoms with van der Waals surface area (Å²) in [4.78, 5) is 0. The average molecular weight is 217 g/mol. The number of aryl methyl sites for hydroxylation is 1. The van der Waals surface area contributed by atoms with Crippen LogP contribution in [-0.2, 0) is 5.75 Å². The van der Waals surface area contributed by atoms with E-state index in [-0.39, 0.29) is 0 Å². The monoisotopic (exact) mass is 216 g/mol. The van der Waals surface area contributed by atoms with E-state index >= 15 is 0 Å². The zero-order chi connectivity index (χ0) is 7.56. The standard InChI is InChI=1S/C8H9BrS/c1-6-2-7(5-10)4-8(9)3-6/h2-4,10H,5H2,1H3. The highest BCUT2D eigenvalue weighted by Crippen LogP contribution is 2.16. The van der Waals surface area contributed by atoms with Crippen LogP contribution in [0.3, 0.4) is 0 Å². The molecule has 0 heterocycles. The minimum atomic E-state index is 0.806. The predicted octanol–water partition coefficient (Wildman–Crippen LogP) is 3.19. The van der Waals surface area contributed by atoms with Crippen LogP contribution in [-0.4, -0.2) is 0 Å². The van der Waals surface area contributed by atoms with Crippen LogP contribution in [0, 0.1) is 6.92 Å². The van der Waals surface area contributed by atoms with E-state index in [2.05, 4.69) is 53.7 Å². The van der Waals surface area contributed by atoms with Gasteiger partial charge in [0, 0.05) is 10.2 Å². The minimum Gasteiger partial charge on any atom is -0.175 e. The van der Waals surface area contributed by atoms with Gasteiger partial charge in [-0.1, -0.05) is 22.0 Å². The summed E-state index contributed by atoms with van der Waals surface area (Å²) >= 11 is 7.60. The molecule has 1 aromatic carbocycles. The summed E-state index contributed by atoms with van der Waals surface area (Å²) in [5.74, 6) is 0.806. The van der Waals surface area contributed by atoms with Gasteiger partial charge in [0.1, 0.15) is 0 Å². The Labute approximate surface area is 75.2 Å². The summed E-state index contributed by atoms with van der Waals surface area (Å²) in [5, 5.41) is 0. The van der Waals surface area contributed by atoms with Gasteiger partial charge in [0.05, 0.1) is 0 Å². The summed E-state index contributed by atoms with van der Waals surface area (Å²) in [6.07, 6.45) is 0. The van der Waals surface area contributed by atoms with E-state index in [1.807, 2.05) is 0 Å². The molecule has 0 amide bonds. The van der Waals surface area contributed by atoms with Crippen molar-refractivity contribution in [3.63, 3.8) is 0 Å². The fraction of sp³-hybridized carbons (Fsp3) is 0.250. The summed E-state index contributed by atoms with van der Waals surface area (Å²) in [7, 11) is 0. The minimum absolute atomic E-state index is 0.806. The van der Waals surface area contributed by atoms with Gasteiger partial charge in [0.25, 0.3) is 0 Å². The lowest BCUT2D eigenvalue weighted by Crippen LogP contribution is -1.79. The maximum atomic E-state index is 4.18. The fourth-order valence-corrected chi connectivity index (χ4v) is 1.74. The Morgan fingerprint density at radius 3 is 2.60 bits per heavy atom. The van der Waals surface area contributed by atoms with Crippen LogP contribution in [0.15, 0.2) is 22.7 Å². The van der Waals surface area contributed by atoms with Crippen LogP contribution in [0.1, 0.15) is 11.1 Å². The van der Waals surface area contributed by atoms with Crippen molar-refractivity contribution < 1.29 is 0 Å². The highest BCUT2D eigenvalue weighted by Gasteiger charge is 1.92. The highest BCUT2D eigenvalue weighted by molar-refractivity contribution is 9.10. The fourth-order valence-electron chi connectivity index (χ4n) is 0.903. The normalized spacial score (nSPS) is 9.90. The van der Waals surface area contributed by atoms with Gasteiger partial charge < -0.3 is 0 Å². The zero-order valence-electron chi connectivity index (χ0n) is 5.76. The molecule has 0 saturated carbocycles. The van der Waals surface area contributed by atoms with E-state index < -0.39 is 0 Å².